The summed E-state index contributed by atoms with van der Waals surface area (Å²) in [6.45, 7) is -0.227. The van der Waals surface area contributed by atoms with Crippen LogP contribution in [0.15, 0.2) is 49.9 Å². The zero-order valence-corrected chi connectivity index (χ0v) is 12.5. The van der Waals surface area contributed by atoms with Gasteiger partial charge in [0.15, 0.2) is 12.4 Å². The van der Waals surface area contributed by atoms with Gasteiger partial charge in [-0.25, -0.2) is 9.18 Å². The molecule has 0 aliphatic rings. The molecule has 0 bridgehead atoms. The van der Waals surface area contributed by atoms with Crippen molar-refractivity contribution in [1.82, 2.24) is 10.2 Å². The highest BCUT2D eigenvalue weighted by Gasteiger charge is 2.16. The van der Waals surface area contributed by atoms with Crippen molar-refractivity contribution >= 4 is 21.9 Å². The van der Waals surface area contributed by atoms with Crippen molar-refractivity contribution in [2.75, 3.05) is 0 Å². The Bertz CT molecular complexity index is 801. The minimum Gasteiger partial charge on any atom is -0.459 e. The van der Waals surface area contributed by atoms with Crippen molar-refractivity contribution in [3.63, 3.8) is 0 Å². The molecule has 0 aliphatic heterocycles. The quantitative estimate of drug-likeness (QED) is 0.656. The highest BCUT2D eigenvalue weighted by molar-refractivity contribution is 9.10. The summed E-state index contributed by atoms with van der Waals surface area (Å²) in [5, 5.41) is 7.51. The maximum Gasteiger partial charge on any atom is 0.339 e. The Labute approximate surface area is 132 Å². The molecule has 3 rings (SSSR count). The summed E-state index contributed by atoms with van der Waals surface area (Å²) in [6.07, 6.45) is 1.47. The van der Waals surface area contributed by atoms with Gasteiger partial charge in [-0.3, -0.25) is 0 Å². The predicted octanol–water partition coefficient (Wildman–Crippen LogP) is 3.59. The van der Waals surface area contributed by atoms with Crippen LogP contribution in [0.4, 0.5) is 4.39 Å². The first-order valence-electron chi connectivity index (χ1n) is 6.12. The summed E-state index contributed by atoms with van der Waals surface area (Å²) >= 11 is 3.16. The van der Waals surface area contributed by atoms with Gasteiger partial charge in [0.2, 0.25) is 0 Å². The van der Waals surface area contributed by atoms with E-state index in [-0.39, 0.29) is 24.0 Å². The molecule has 0 fully saturated rings. The van der Waals surface area contributed by atoms with Crippen LogP contribution in [0.25, 0.3) is 11.7 Å². The highest BCUT2D eigenvalue weighted by Crippen LogP contribution is 2.20. The molecule has 112 valence electrons. The molecular weight excluding hydrogens is 359 g/mol. The van der Waals surface area contributed by atoms with Crippen molar-refractivity contribution < 1.29 is 22.8 Å². The van der Waals surface area contributed by atoms with E-state index in [1.165, 1.54) is 18.4 Å². The number of hydrogen-bond acceptors (Lipinski definition) is 6. The number of furan rings is 1. The number of aromatic nitrogens is 2. The average Bonchev–Trinajstić information content (AvgIpc) is 3.17. The first-order valence-corrected chi connectivity index (χ1v) is 6.91. The smallest absolute Gasteiger partial charge is 0.339 e. The van der Waals surface area contributed by atoms with Crippen molar-refractivity contribution in [3.8, 4) is 11.7 Å². The van der Waals surface area contributed by atoms with Crippen molar-refractivity contribution in [2.45, 2.75) is 6.61 Å². The maximum absolute atomic E-state index is 13.2. The van der Waals surface area contributed by atoms with Crippen LogP contribution in [0.3, 0.4) is 0 Å². The van der Waals surface area contributed by atoms with Crippen molar-refractivity contribution in [2.24, 2.45) is 0 Å². The summed E-state index contributed by atoms with van der Waals surface area (Å²) in [4.78, 5) is 11.9. The van der Waals surface area contributed by atoms with Gasteiger partial charge < -0.3 is 13.6 Å². The Balaban J connectivity index is 1.67. The van der Waals surface area contributed by atoms with E-state index in [1.54, 1.807) is 12.1 Å². The van der Waals surface area contributed by atoms with Gasteiger partial charge in [0.25, 0.3) is 11.8 Å². The Hall–Kier alpha value is -2.48. The molecule has 0 N–H and O–H groups in total. The van der Waals surface area contributed by atoms with Crippen LogP contribution in [-0.2, 0) is 11.3 Å². The molecule has 0 radical (unpaired) electrons. The van der Waals surface area contributed by atoms with E-state index in [2.05, 4.69) is 26.1 Å². The number of hydrogen-bond donors (Lipinski definition) is 0. The minimum absolute atomic E-state index is 0.0748. The first-order chi connectivity index (χ1) is 10.6. The largest absolute Gasteiger partial charge is 0.459 e. The molecule has 22 heavy (non-hydrogen) atoms. The normalized spacial score (nSPS) is 10.6. The Morgan fingerprint density at radius 3 is 2.95 bits per heavy atom. The molecule has 0 amide bonds. The molecule has 0 saturated carbocycles. The number of benzene rings is 1. The van der Waals surface area contributed by atoms with Crippen molar-refractivity contribution in [3.05, 3.63) is 58.3 Å². The number of nitrogens with zero attached hydrogens (tertiary/aromatic N) is 2. The number of ether oxygens (including phenoxy) is 1. The third kappa shape index (κ3) is 3.06. The molecule has 0 unspecified atom stereocenters. The number of rotatable bonds is 4. The molecule has 3 aromatic rings. The zero-order chi connectivity index (χ0) is 15.5. The van der Waals surface area contributed by atoms with Gasteiger partial charge in [0, 0.05) is 4.47 Å². The predicted molar refractivity (Wildman–Crippen MR) is 75.2 cm³/mol. The van der Waals surface area contributed by atoms with Crippen LogP contribution < -0.4 is 0 Å². The topological polar surface area (TPSA) is 78.4 Å². The van der Waals surface area contributed by atoms with E-state index in [0.717, 1.165) is 6.07 Å². The summed E-state index contributed by atoms with van der Waals surface area (Å²) in [6, 6.07) is 7.07. The number of esters is 1. The maximum atomic E-state index is 13.2. The first kappa shape index (κ1) is 14.5. The van der Waals surface area contributed by atoms with E-state index in [9.17, 15) is 9.18 Å². The molecule has 0 atom stereocenters. The second-order valence-electron chi connectivity index (χ2n) is 4.18. The van der Waals surface area contributed by atoms with Gasteiger partial charge in [-0.2, -0.15) is 0 Å². The lowest BCUT2D eigenvalue weighted by molar-refractivity contribution is 0.0437. The third-order valence-corrected chi connectivity index (χ3v) is 3.37. The van der Waals surface area contributed by atoms with Gasteiger partial charge in [0.1, 0.15) is 5.82 Å². The van der Waals surface area contributed by atoms with Crippen molar-refractivity contribution in [1.29, 1.82) is 0 Å². The third-order valence-electron chi connectivity index (χ3n) is 2.67. The fourth-order valence-corrected chi connectivity index (χ4v) is 2.08. The molecule has 6 nitrogen and oxygen atoms in total. The molecule has 1 aromatic carbocycles. The lowest BCUT2D eigenvalue weighted by Crippen LogP contribution is -2.06. The van der Waals surface area contributed by atoms with Crippen LogP contribution in [0.1, 0.15) is 16.2 Å². The minimum atomic E-state index is -0.705. The summed E-state index contributed by atoms with van der Waals surface area (Å²) < 4.78 is 29.0. The lowest BCUT2D eigenvalue weighted by Gasteiger charge is -2.04. The van der Waals surface area contributed by atoms with Crippen LogP contribution in [0.2, 0.25) is 0 Å². The molecule has 2 aromatic heterocycles. The van der Waals surface area contributed by atoms with Crippen LogP contribution >= 0.6 is 15.9 Å². The average molecular weight is 367 g/mol. The zero-order valence-electron chi connectivity index (χ0n) is 11.0. The molecule has 0 aliphatic carbocycles. The molecular formula is C14H8BrFN2O4. The Morgan fingerprint density at radius 1 is 1.32 bits per heavy atom. The summed E-state index contributed by atoms with van der Waals surface area (Å²) in [7, 11) is 0. The second-order valence-corrected chi connectivity index (χ2v) is 5.03. The van der Waals surface area contributed by atoms with Crippen LogP contribution in [0.5, 0.6) is 0 Å². The van der Waals surface area contributed by atoms with E-state index in [4.69, 9.17) is 13.6 Å². The molecule has 8 heteroatoms. The standard InChI is InChI=1S/C14H8BrFN2O4/c15-10-4-3-8(16)6-9(10)14(19)21-7-12-17-18-13(22-12)11-2-1-5-20-11/h1-6H,7H2. The molecule has 0 saturated heterocycles. The molecule has 2 heterocycles. The number of halogens is 2. The van der Waals surface area contributed by atoms with Gasteiger partial charge in [-0.05, 0) is 46.3 Å². The van der Waals surface area contributed by atoms with Crippen LogP contribution in [-0.4, -0.2) is 16.2 Å². The van der Waals surface area contributed by atoms with Crippen LogP contribution in [0, 0.1) is 5.82 Å². The van der Waals surface area contributed by atoms with Gasteiger partial charge in [-0.1, -0.05) is 0 Å². The lowest BCUT2D eigenvalue weighted by atomic mass is 10.2. The Kier molecular flexibility index (Phi) is 4.01. The van der Waals surface area contributed by atoms with Gasteiger partial charge in [0.05, 0.1) is 11.8 Å². The summed E-state index contributed by atoms with van der Waals surface area (Å²) in [5.41, 5.74) is 0.0748. The second kappa shape index (κ2) is 6.10. The summed E-state index contributed by atoms with van der Waals surface area (Å²) in [5.74, 6) is -0.537. The van der Waals surface area contributed by atoms with E-state index >= 15 is 0 Å². The van der Waals surface area contributed by atoms with E-state index in [1.807, 2.05) is 0 Å². The number of carbonyl (C=O) groups is 1. The van der Waals surface area contributed by atoms with E-state index in [0.29, 0.717) is 10.2 Å². The number of carbonyl (C=O) groups excluding carboxylic acids is 1. The molecule has 0 spiro atoms. The van der Waals surface area contributed by atoms with E-state index < -0.39 is 11.8 Å². The SMILES string of the molecule is O=C(OCc1nnc(-c2ccco2)o1)c1cc(F)ccc1Br. The fraction of sp³-hybridized carbons (Fsp3) is 0.0714. The van der Waals surface area contributed by atoms with Gasteiger partial charge in [-0.15, -0.1) is 10.2 Å². The monoisotopic (exact) mass is 366 g/mol. The fourth-order valence-electron chi connectivity index (χ4n) is 1.67. The van der Waals surface area contributed by atoms with Gasteiger partial charge >= 0.3 is 5.97 Å². The highest BCUT2D eigenvalue weighted by atomic mass is 79.9. The Morgan fingerprint density at radius 2 is 2.18 bits per heavy atom.